The molecular weight excluding hydrogens is 272 g/mol. The Bertz CT molecular complexity index is 658. The SMILES string of the molecule is N#CC1=C(N)OC2=C(CSCC2)C1c1cccc(O)c1. The molecule has 0 saturated heterocycles. The van der Waals surface area contributed by atoms with Crippen LogP contribution in [0.3, 0.4) is 0 Å². The minimum absolute atomic E-state index is 0.187. The molecule has 0 spiro atoms. The van der Waals surface area contributed by atoms with Crippen molar-refractivity contribution in [2.75, 3.05) is 11.5 Å². The lowest BCUT2D eigenvalue weighted by atomic mass is 9.83. The van der Waals surface area contributed by atoms with Crippen LogP contribution >= 0.6 is 11.8 Å². The van der Waals surface area contributed by atoms with E-state index in [0.29, 0.717) is 5.57 Å². The van der Waals surface area contributed by atoms with Crippen molar-refractivity contribution >= 4 is 11.8 Å². The number of phenolic OH excluding ortho intramolecular Hbond substituents is 1. The number of nitrogens with two attached hydrogens (primary N) is 1. The molecule has 0 aromatic heterocycles. The summed E-state index contributed by atoms with van der Waals surface area (Å²) in [5, 5.41) is 19.1. The largest absolute Gasteiger partial charge is 0.508 e. The van der Waals surface area contributed by atoms with Gasteiger partial charge in [-0.25, -0.2) is 0 Å². The Morgan fingerprint density at radius 3 is 3.05 bits per heavy atom. The van der Waals surface area contributed by atoms with Gasteiger partial charge in [0.15, 0.2) is 0 Å². The molecule has 5 heteroatoms. The molecule has 1 atom stereocenters. The van der Waals surface area contributed by atoms with E-state index in [4.69, 9.17) is 10.5 Å². The van der Waals surface area contributed by atoms with E-state index in [1.165, 1.54) is 0 Å². The summed E-state index contributed by atoms with van der Waals surface area (Å²) in [4.78, 5) is 0. The molecule has 0 fully saturated rings. The van der Waals surface area contributed by atoms with Gasteiger partial charge in [-0.1, -0.05) is 12.1 Å². The summed E-state index contributed by atoms with van der Waals surface area (Å²) < 4.78 is 5.61. The standard InChI is InChI=1S/C15H14N2O2S/c16-7-11-14(9-2-1-3-10(18)6-9)12-8-20-5-4-13(12)19-15(11)17/h1-3,6,14,18H,4-5,8,17H2. The highest BCUT2D eigenvalue weighted by Crippen LogP contribution is 2.43. The van der Waals surface area contributed by atoms with Crippen LogP contribution in [0.15, 0.2) is 47.1 Å². The van der Waals surface area contributed by atoms with Crippen LogP contribution in [0, 0.1) is 11.3 Å². The van der Waals surface area contributed by atoms with Crippen LogP contribution in [0.25, 0.3) is 0 Å². The predicted octanol–water partition coefficient (Wildman–Crippen LogP) is 2.59. The molecule has 3 N–H and O–H groups in total. The first-order valence-corrected chi connectivity index (χ1v) is 7.52. The van der Waals surface area contributed by atoms with Crippen molar-refractivity contribution in [1.82, 2.24) is 0 Å². The van der Waals surface area contributed by atoms with Gasteiger partial charge in [-0.05, 0) is 23.3 Å². The molecule has 2 aliphatic heterocycles. The average molecular weight is 286 g/mol. The molecule has 0 saturated carbocycles. The van der Waals surface area contributed by atoms with Crippen molar-refractivity contribution in [3.63, 3.8) is 0 Å². The molecule has 0 aliphatic carbocycles. The van der Waals surface area contributed by atoms with E-state index in [9.17, 15) is 10.4 Å². The van der Waals surface area contributed by atoms with Gasteiger partial charge in [-0.3, -0.25) is 0 Å². The summed E-state index contributed by atoms with van der Waals surface area (Å²) in [7, 11) is 0. The van der Waals surface area contributed by atoms with Crippen molar-refractivity contribution in [3.05, 3.63) is 52.6 Å². The third-order valence-electron chi connectivity index (χ3n) is 3.55. The number of benzene rings is 1. The maximum absolute atomic E-state index is 9.68. The van der Waals surface area contributed by atoms with Crippen LogP contribution in [0.1, 0.15) is 17.9 Å². The van der Waals surface area contributed by atoms with E-state index < -0.39 is 0 Å². The zero-order chi connectivity index (χ0) is 14.1. The van der Waals surface area contributed by atoms with Gasteiger partial charge in [0.1, 0.15) is 23.2 Å². The Labute approximate surface area is 121 Å². The van der Waals surface area contributed by atoms with E-state index in [-0.39, 0.29) is 17.6 Å². The van der Waals surface area contributed by atoms with Crippen LogP contribution in [-0.2, 0) is 4.74 Å². The highest BCUT2D eigenvalue weighted by molar-refractivity contribution is 7.99. The lowest BCUT2D eigenvalue weighted by Gasteiger charge is -2.31. The van der Waals surface area contributed by atoms with Gasteiger partial charge in [0.25, 0.3) is 0 Å². The molecule has 0 radical (unpaired) electrons. The van der Waals surface area contributed by atoms with Gasteiger partial charge < -0.3 is 15.6 Å². The van der Waals surface area contributed by atoms with Gasteiger partial charge >= 0.3 is 0 Å². The predicted molar refractivity (Wildman–Crippen MR) is 77.7 cm³/mol. The Balaban J connectivity index is 2.14. The van der Waals surface area contributed by atoms with Crippen molar-refractivity contribution in [2.24, 2.45) is 5.73 Å². The Morgan fingerprint density at radius 1 is 1.45 bits per heavy atom. The highest BCUT2D eigenvalue weighted by Gasteiger charge is 2.33. The summed E-state index contributed by atoms with van der Waals surface area (Å²) in [6, 6.07) is 9.15. The van der Waals surface area contributed by atoms with Crippen molar-refractivity contribution in [2.45, 2.75) is 12.3 Å². The van der Waals surface area contributed by atoms with E-state index in [0.717, 1.165) is 34.8 Å². The molecule has 1 unspecified atom stereocenters. The summed E-state index contributed by atoms with van der Waals surface area (Å²) in [6.07, 6.45) is 0.828. The summed E-state index contributed by atoms with van der Waals surface area (Å²) in [5.41, 5.74) is 8.29. The van der Waals surface area contributed by atoms with Crippen molar-refractivity contribution in [1.29, 1.82) is 5.26 Å². The first-order chi connectivity index (χ1) is 9.70. The number of nitrogens with zero attached hydrogens (tertiary/aromatic N) is 1. The minimum Gasteiger partial charge on any atom is -0.508 e. The van der Waals surface area contributed by atoms with Gasteiger partial charge in [0.2, 0.25) is 5.88 Å². The number of aromatic hydroxyl groups is 1. The van der Waals surface area contributed by atoms with Gasteiger partial charge in [-0.15, -0.1) is 0 Å². The van der Waals surface area contributed by atoms with Crippen LogP contribution in [0.5, 0.6) is 5.75 Å². The van der Waals surface area contributed by atoms with Crippen LogP contribution in [-0.4, -0.2) is 16.6 Å². The third-order valence-corrected chi connectivity index (χ3v) is 4.56. The first kappa shape index (κ1) is 12.9. The molecule has 102 valence electrons. The van der Waals surface area contributed by atoms with Crippen LogP contribution in [0.4, 0.5) is 0 Å². The number of rotatable bonds is 1. The maximum atomic E-state index is 9.68. The average Bonchev–Trinajstić information content (AvgIpc) is 2.45. The molecule has 4 nitrogen and oxygen atoms in total. The van der Waals surface area contributed by atoms with E-state index >= 15 is 0 Å². The summed E-state index contributed by atoms with van der Waals surface area (Å²) in [6.45, 7) is 0. The molecule has 2 aliphatic rings. The fourth-order valence-electron chi connectivity index (χ4n) is 2.64. The molecule has 1 aromatic carbocycles. The molecule has 20 heavy (non-hydrogen) atoms. The highest BCUT2D eigenvalue weighted by atomic mass is 32.2. The smallest absolute Gasteiger partial charge is 0.205 e. The second-order valence-corrected chi connectivity index (χ2v) is 5.88. The zero-order valence-electron chi connectivity index (χ0n) is 10.8. The van der Waals surface area contributed by atoms with E-state index in [1.54, 1.807) is 18.2 Å². The molecule has 1 aromatic rings. The molecule has 3 rings (SSSR count). The number of hydrogen-bond acceptors (Lipinski definition) is 5. The topological polar surface area (TPSA) is 79.3 Å². The molecular formula is C15H14N2O2S. The number of phenols is 1. The second-order valence-electron chi connectivity index (χ2n) is 4.77. The third kappa shape index (κ3) is 2.12. The summed E-state index contributed by atoms with van der Waals surface area (Å²) >= 11 is 1.82. The zero-order valence-corrected chi connectivity index (χ0v) is 11.6. The van der Waals surface area contributed by atoms with Crippen LogP contribution in [0.2, 0.25) is 0 Å². The second kappa shape index (κ2) is 5.14. The number of nitriles is 1. The normalized spacial score (nSPS) is 22.1. The van der Waals surface area contributed by atoms with Gasteiger partial charge in [-0.2, -0.15) is 17.0 Å². The fourth-order valence-corrected chi connectivity index (χ4v) is 3.67. The van der Waals surface area contributed by atoms with Crippen LogP contribution < -0.4 is 5.73 Å². The lowest BCUT2D eigenvalue weighted by Crippen LogP contribution is -2.24. The van der Waals surface area contributed by atoms with Crippen molar-refractivity contribution < 1.29 is 9.84 Å². The summed E-state index contributed by atoms with van der Waals surface area (Å²) in [5.74, 6) is 2.88. The number of ether oxygens (including phenoxy) is 1. The lowest BCUT2D eigenvalue weighted by molar-refractivity contribution is 0.268. The number of allylic oxidation sites excluding steroid dienone is 2. The monoisotopic (exact) mass is 286 g/mol. The fraction of sp³-hybridized carbons (Fsp3) is 0.267. The van der Waals surface area contributed by atoms with E-state index in [1.807, 2.05) is 17.8 Å². The number of hydrogen-bond donors (Lipinski definition) is 2. The number of thioether (sulfide) groups is 1. The molecule has 2 heterocycles. The maximum Gasteiger partial charge on any atom is 0.205 e. The Hall–Kier alpha value is -2.06. The van der Waals surface area contributed by atoms with Gasteiger partial charge in [0, 0.05) is 23.8 Å². The quantitative estimate of drug-likeness (QED) is 0.829. The molecule has 0 amide bonds. The van der Waals surface area contributed by atoms with Gasteiger partial charge in [0.05, 0.1) is 0 Å². The Kier molecular flexibility index (Phi) is 3.33. The first-order valence-electron chi connectivity index (χ1n) is 6.37. The minimum atomic E-state index is -0.205. The van der Waals surface area contributed by atoms with E-state index in [2.05, 4.69) is 6.07 Å². The Morgan fingerprint density at radius 2 is 2.30 bits per heavy atom. The molecule has 0 bridgehead atoms. The van der Waals surface area contributed by atoms with Crippen molar-refractivity contribution in [3.8, 4) is 11.8 Å².